The predicted octanol–water partition coefficient (Wildman–Crippen LogP) is 0.543. The molecule has 70 valence electrons. The Labute approximate surface area is 75.0 Å². The van der Waals surface area contributed by atoms with Crippen LogP contribution in [0.15, 0.2) is 30.3 Å². The van der Waals surface area contributed by atoms with E-state index in [0.717, 1.165) is 0 Å². The summed E-state index contributed by atoms with van der Waals surface area (Å²) in [5.74, 6) is -1.06. The fraction of sp³-hybridized carbons (Fsp3) is 0.222. The van der Waals surface area contributed by atoms with Crippen molar-refractivity contribution in [3.63, 3.8) is 0 Å². The number of aliphatic hydroxyl groups is 1. The van der Waals surface area contributed by atoms with Gasteiger partial charge in [0.15, 0.2) is 12.3 Å². The molecule has 0 spiro atoms. The van der Waals surface area contributed by atoms with Crippen LogP contribution in [0.25, 0.3) is 0 Å². The van der Waals surface area contributed by atoms with E-state index in [-0.39, 0.29) is 5.56 Å². The molecule has 0 heterocycles. The van der Waals surface area contributed by atoms with Gasteiger partial charge in [-0.15, -0.1) is 0 Å². The van der Waals surface area contributed by atoms with Gasteiger partial charge in [0.25, 0.3) is 0 Å². The molecule has 2 unspecified atom stereocenters. The van der Waals surface area contributed by atoms with Crippen molar-refractivity contribution in [2.75, 3.05) is 0 Å². The number of hydrogen-bond acceptors (Lipinski definition) is 2. The number of halogens is 1. The van der Waals surface area contributed by atoms with Crippen molar-refractivity contribution in [2.24, 2.45) is 5.73 Å². The van der Waals surface area contributed by atoms with Crippen LogP contribution in [0, 0.1) is 0 Å². The standard InChI is InChI=1S/C9H10FNO2/c10-7(8(12)9(11)13)6-4-2-1-3-5-6/h1-5,7-8,12H,(H2,11,13). The molecule has 0 radical (unpaired) electrons. The molecule has 0 saturated carbocycles. The quantitative estimate of drug-likeness (QED) is 0.718. The molecule has 0 aliphatic carbocycles. The van der Waals surface area contributed by atoms with Crippen molar-refractivity contribution in [1.29, 1.82) is 0 Å². The van der Waals surface area contributed by atoms with Gasteiger partial charge < -0.3 is 10.8 Å². The highest BCUT2D eigenvalue weighted by atomic mass is 19.1. The lowest BCUT2D eigenvalue weighted by Gasteiger charge is -2.11. The van der Waals surface area contributed by atoms with E-state index in [9.17, 15) is 9.18 Å². The van der Waals surface area contributed by atoms with Crippen LogP contribution in [-0.2, 0) is 4.79 Å². The summed E-state index contributed by atoms with van der Waals surface area (Å²) in [5.41, 5.74) is 4.99. The van der Waals surface area contributed by atoms with Gasteiger partial charge in [0.05, 0.1) is 0 Å². The Hall–Kier alpha value is -1.42. The number of hydrogen-bond donors (Lipinski definition) is 2. The summed E-state index contributed by atoms with van der Waals surface area (Å²) in [6, 6.07) is 7.92. The molecule has 0 saturated heterocycles. The maximum Gasteiger partial charge on any atom is 0.249 e. The highest BCUT2D eigenvalue weighted by Crippen LogP contribution is 2.20. The van der Waals surface area contributed by atoms with Crippen LogP contribution in [0.2, 0.25) is 0 Å². The third kappa shape index (κ3) is 2.26. The summed E-state index contributed by atoms with van der Waals surface area (Å²) in [4.78, 5) is 10.4. The molecule has 1 rings (SSSR count). The van der Waals surface area contributed by atoms with Crippen LogP contribution in [0.4, 0.5) is 4.39 Å². The Morgan fingerprint density at radius 3 is 2.38 bits per heavy atom. The zero-order chi connectivity index (χ0) is 9.84. The third-order valence-electron chi connectivity index (χ3n) is 1.69. The number of rotatable bonds is 3. The van der Waals surface area contributed by atoms with Crippen molar-refractivity contribution < 1.29 is 14.3 Å². The van der Waals surface area contributed by atoms with E-state index in [1.54, 1.807) is 18.2 Å². The number of amides is 1. The Bertz CT molecular complexity index is 289. The van der Waals surface area contributed by atoms with Gasteiger partial charge in [-0.05, 0) is 5.56 Å². The van der Waals surface area contributed by atoms with Crippen molar-refractivity contribution in [3.8, 4) is 0 Å². The smallest absolute Gasteiger partial charge is 0.249 e. The van der Waals surface area contributed by atoms with Crippen molar-refractivity contribution in [1.82, 2.24) is 0 Å². The fourth-order valence-corrected chi connectivity index (χ4v) is 0.963. The van der Waals surface area contributed by atoms with Gasteiger partial charge in [0, 0.05) is 0 Å². The maximum absolute atomic E-state index is 13.2. The Kier molecular flexibility index (Phi) is 2.97. The largest absolute Gasteiger partial charge is 0.380 e. The normalized spacial score (nSPS) is 14.9. The monoisotopic (exact) mass is 183 g/mol. The zero-order valence-corrected chi connectivity index (χ0v) is 6.85. The average molecular weight is 183 g/mol. The Morgan fingerprint density at radius 1 is 1.38 bits per heavy atom. The molecule has 0 bridgehead atoms. The molecule has 4 heteroatoms. The Balaban J connectivity index is 2.79. The molecule has 1 amide bonds. The molecule has 3 nitrogen and oxygen atoms in total. The lowest BCUT2D eigenvalue weighted by Crippen LogP contribution is -2.32. The number of carbonyl (C=O) groups excluding carboxylic acids is 1. The van der Waals surface area contributed by atoms with Gasteiger partial charge in [0.1, 0.15) is 0 Å². The first-order valence-corrected chi connectivity index (χ1v) is 3.79. The number of benzene rings is 1. The van der Waals surface area contributed by atoms with E-state index < -0.39 is 18.2 Å². The molecular formula is C9H10FNO2. The number of aliphatic hydroxyl groups excluding tert-OH is 1. The van der Waals surface area contributed by atoms with Crippen LogP contribution >= 0.6 is 0 Å². The molecule has 0 aliphatic heterocycles. The summed E-state index contributed by atoms with van der Waals surface area (Å²) in [7, 11) is 0. The van der Waals surface area contributed by atoms with E-state index in [2.05, 4.69) is 0 Å². The molecule has 2 atom stereocenters. The van der Waals surface area contributed by atoms with Gasteiger partial charge in [-0.3, -0.25) is 4.79 Å². The van der Waals surface area contributed by atoms with Gasteiger partial charge in [-0.2, -0.15) is 0 Å². The van der Waals surface area contributed by atoms with E-state index in [1.807, 2.05) is 0 Å². The number of nitrogens with two attached hydrogens (primary N) is 1. The van der Waals surface area contributed by atoms with Crippen molar-refractivity contribution >= 4 is 5.91 Å². The maximum atomic E-state index is 13.2. The molecule has 3 N–H and O–H groups in total. The summed E-state index contributed by atoms with van der Waals surface area (Å²) in [6.45, 7) is 0. The molecule has 13 heavy (non-hydrogen) atoms. The summed E-state index contributed by atoms with van der Waals surface area (Å²) in [6.07, 6.45) is -3.53. The minimum Gasteiger partial charge on any atom is -0.380 e. The first-order chi connectivity index (χ1) is 6.13. The van der Waals surface area contributed by atoms with Crippen LogP contribution in [-0.4, -0.2) is 17.1 Å². The number of alkyl halides is 1. The average Bonchev–Trinajstić information content (AvgIpc) is 2.17. The highest BCUT2D eigenvalue weighted by Gasteiger charge is 2.24. The van der Waals surface area contributed by atoms with Gasteiger partial charge in [-0.1, -0.05) is 30.3 Å². The van der Waals surface area contributed by atoms with Crippen LogP contribution in [0.3, 0.4) is 0 Å². The number of carbonyl (C=O) groups is 1. The summed E-state index contributed by atoms with van der Waals surface area (Å²) >= 11 is 0. The second-order valence-electron chi connectivity index (χ2n) is 2.66. The highest BCUT2D eigenvalue weighted by molar-refractivity contribution is 5.79. The SMILES string of the molecule is NC(=O)C(O)C(F)c1ccccc1. The topological polar surface area (TPSA) is 63.3 Å². The number of primary amides is 1. The zero-order valence-electron chi connectivity index (χ0n) is 6.85. The first-order valence-electron chi connectivity index (χ1n) is 3.79. The summed E-state index contributed by atoms with van der Waals surface area (Å²) < 4.78 is 13.2. The summed E-state index contributed by atoms with van der Waals surface area (Å²) in [5, 5.41) is 9.00. The minimum atomic E-state index is -1.78. The van der Waals surface area contributed by atoms with Crippen LogP contribution in [0.5, 0.6) is 0 Å². The molecule has 1 aromatic carbocycles. The van der Waals surface area contributed by atoms with Gasteiger partial charge >= 0.3 is 0 Å². The molecule has 0 aliphatic rings. The lowest BCUT2D eigenvalue weighted by molar-refractivity contribution is -0.129. The first kappa shape index (κ1) is 9.67. The third-order valence-corrected chi connectivity index (χ3v) is 1.69. The van der Waals surface area contributed by atoms with E-state index in [0.29, 0.717) is 0 Å². The van der Waals surface area contributed by atoms with Gasteiger partial charge in [0.2, 0.25) is 5.91 Å². The van der Waals surface area contributed by atoms with Crippen molar-refractivity contribution in [3.05, 3.63) is 35.9 Å². The van der Waals surface area contributed by atoms with E-state index in [1.165, 1.54) is 12.1 Å². The van der Waals surface area contributed by atoms with Crippen LogP contribution in [0.1, 0.15) is 11.7 Å². The molecule has 1 aromatic rings. The lowest BCUT2D eigenvalue weighted by atomic mass is 10.1. The second-order valence-corrected chi connectivity index (χ2v) is 2.66. The van der Waals surface area contributed by atoms with E-state index in [4.69, 9.17) is 10.8 Å². The minimum absolute atomic E-state index is 0.244. The molecule has 0 fully saturated rings. The van der Waals surface area contributed by atoms with E-state index >= 15 is 0 Å². The van der Waals surface area contributed by atoms with Crippen LogP contribution < -0.4 is 5.73 Å². The molecular weight excluding hydrogens is 173 g/mol. The van der Waals surface area contributed by atoms with Gasteiger partial charge in [-0.25, -0.2) is 4.39 Å². The molecule has 0 aromatic heterocycles. The predicted molar refractivity (Wildman–Crippen MR) is 45.5 cm³/mol. The second kappa shape index (κ2) is 4.00. The fourth-order valence-electron chi connectivity index (χ4n) is 0.963. The van der Waals surface area contributed by atoms with Crippen molar-refractivity contribution in [2.45, 2.75) is 12.3 Å². The Morgan fingerprint density at radius 2 is 1.92 bits per heavy atom.